The molecule has 0 heterocycles. The quantitative estimate of drug-likeness (QED) is 0.725. The Balaban J connectivity index is 2.57. The van der Waals surface area contributed by atoms with Gasteiger partial charge in [-0.05, 0) is 24.5 Å². The van der Waals surface area contributed by atoms with Gasteiger partial charge >= 0.3 is 7.60 Å². The summed E-state index contributed by atoms with van der Waals surface area (Å²) >= 11 is 0. The van der Waals surface area contributed by atoms with E-state index in [0.717, 1.165) is 11.1 Å². The monoisotopic (exact) mass is 227 g/mol. The van der Waals surface area contributed by atoms with E-state index in [1.54, 1.807) is 0 Å². The Morgan fingerprint density at radius 1 is 1.20 bits per heavy atom. The molecule has 0 bridgehead atoms. The van der Waals surface area contributed by atoms with Crippen molar-refractivity contribution in [1.82, 2.24) is 0 Å². The van der Waals surface area contributed by atoms with E-state index in [-0.39, 0.29) is 0 Å². The zero-order valence-electron chi connectivity index (χ0n) is 9.10. The van der Waals surface area contributed by atoms with Crippen LogP contribution in [0.25, 0.3) is 0 Å². The molecule has 0 fully saturated rings. The summed E-state index contributed by atoms with van der Waals surface area (Å²) < 4.78 is 21.4. The third kappa shape index (κ3) is 3.78. The summed E-state index contributed by atoms with van der Waals surface area (Å²) in [7, 11) is -0.0619. The van der Waals surface area contributed by atoms with E-state index >= 15 is 0 Å². The highest BCUT2D eigenvalue weighted by molar-refractivity contribution is 7.53. The van der Waals surface area contributed by atoms with Crippen molar-refractivity contribution in [1.29, 1.82) is 0 Å². The summed E-state index contributed by atoms with van der Waals surface area (Å²) in [6.45, 7) is 3.80. The second-order valence-corrected chi connectivity index (χ2v) is 5.67. The molecule has 0 unspecified atom stereocenters. The molecule has 0 aliphatic rings. The van der Waals surface area contributed by atoms with Crippen molar-refractivity contribution >= 4 is 7.60 Å². The minimum Gasteiger partial charge on any atom is -0.312 e. The fraction of sp³-hybridized carbons (Fsp3) is 0.364. The van der Waals surface area contributed by atoms with E-state index in [0.29, 0.717) is 12.6 Å². The maximum Gasteiger partial charge on any atom is 0.330 e. The number of benzene rings is 1. The van der Waals surface area contributed by atoms with Gasteiger partial charge in [0.2, 0.25) is 0 Å². The van der Waals surface area contributed by atoms with Crippen LogP contribution >= 0.6 is 7.60 Å². The van der Waals surface area contributed by atoms with Gasteiger partial charge in [0.05, 0.1) is 6.16 Å². The topological polar surface area (TPSA) is 35.5 Å². The molecule has 0 N–H and O–H groups in total. The van der Waals surface area contributed by atoms with E-state index in [1.807, 2.05) is 24.3 Å². The number of hydrogen-bond acceptors (Lipinski definition) is 3. The van der Waals surface area contributed by atoms with E-state index in [9.17, 15) is 4.57 Å². The van der Waals surface area contributed by atoms with E-state index in [1.165, 1.54) is 14.2 Å². The minimum atomic E-state index is -2.87. The van der Waals surface area contributed by atoms with Crippen molar-refractivity contribution in [2.24, 2.45) is 0 Å². The summed E-state index contributed by atoms with van der Waals surface area (Å²) in [4.78, 5) is 0. The summed E-state index contributed by atoms with van der Waals surface area (Å²) in [6, 6.07) is 7.80. The zero-order chi connectivity index (χ0) is 11.3. The smallest absolute Gasteiger partial charge is 0.312 e. The van der Waals surface area contributed by atoms with Crippen LogP contribution in [-0.4, -0.2) is 20.4 Å². The maximum atomic E-state index is 11.7. The lowest BCUT2D eigenvalue weighted by Crippen LogP contribution is -1.98. The van der Waals surface area contributed by atoms with Gasteiger partial charge in [0.1, 0.15) is 0 Å². The van der Waals surface area contributed by atoms with Gasteiger partial charge in [0.15, 0.2) is 0 Å². The number of rotatable bonds is 5. The standard InChI is InChI=1S/C11H16O3P/c1-10-4-6-11(7-5-10)8-9-15(12,13-2)14-3/h4-7H,1,8-9H2,2-3H3. The highest BCUT2D eigenvalue weighted by Gasteiger charge is 2.20. The van der Waals surface area contributed by atoms with Gasteiger partial charge in [0, 0.05) is 14.2 Å². The van der Waals surface area contributed by atoms with Crippen LogP contribution in [-0.2, 0) is 20.0 Å². The van der Waals surface area contributed by atoms with Crippen molar-refractivity contribution in [2.45, 2.75) is 6.42 Å². The largest absolute Gasteiger partial charge is 0.330 e. The number of aryl methyl sites for hydroxylation is 1. The fourth-order valence-electron chi connectivity index (χ4n) is 1.23. The van der Waals surface area contributed by atoms with Gasteiger partial charge in [-0.25, -0.2) is 0 Å². The second-order valence-electron chi connectivity index (χ2n) is 3.27. The molecule has 4 heteroatoms. The van der Waals surface area contributed by atoms with E-state index < -0.39 is 7.60 Å². The van der Waals surface area contributed by atoms with Crippen LogP contribution < -0.4 is 0 Å². The Hall–Kier alpha value is -0.630. The van der Waals surface area contributed by atoms with Crippen molar-refractivity contribution in [3.8, 4) is 0 Å². The summed E-state index contributed by atoms with van der Waals surface area (Å²) in [6.07, 6.45) is 1.08. The van der Waals surface area contributed by atoms with Gasteiger partial charge in [-0.1, -0.05) is 24.3 Å². The van der Waals surface area contributed by atoms with Crippen molar-refractivity contribution in [2.75, 3.05) is 20.4 Å². The molecule has 0 saturated heterocycles. The molecule has 1 aromatic rings. The van der Waals surface area contributed by atoms with Crippen molar-refractivity contribution in [3.05, 3.63) is 42.3 Å². The molecule has 83 valence electrons. The highest BCUT2D eigenvalue weighted by Crippen LogP contribution is 2.46. The van der Waals surface area contributed by atoms with E-state index in [4.69, 9.17) is 9.05 Å². The molecule has 0 saturated carbocycles. The predicted octanol–water partition coefficient (Wildman–Crippen LogP) is 2.90. The van der Waals surface area contributed by atoms with Gasteiger partial charge in [-0.3, -0.25) is 4.57 Å². The molecule has 15 heavy (non-hydrogen) atoms. The van der Waals surface area contributed by atoms with Crippen LogP contribution in [0.2, 0.25) is 0 Å². The normalized spacial score (nSPS) is 11.7. The molecule has 3 nitrogen and oxygen atoms in total. The molecule has 0 aromatic heterocycles. The van der Waals surface area contributed by atoms with Crippen molar-refractivity contribution in [3.63, 3.8) is 0 Å². The van der Waals surface area contributed by atoms with Crippen molar-refractivity contribution < 1.29 is 13.6 Å². The van der Waals surface area contributed by atoms with Crippen LogP contribution in [0.15, 0.2) is 24.3 Å². The summed E-state index contributed by atoms with van der Waals surface area (Å²) in [5, 5.41) is 0. The Morgan fingerprint density at radius 3 is 2.20 bits per heavy atom. The SMILES string of the molecule is [CH2]c1ccc(CCP(=O)(OC)OC)cc1. The zero-order valence-corrected chi connectivity index (χ0v) is 10.00. The minimum absolute atomic E-state index is 0.399. The molecular weight excluding hydrogens is 211 g/mol. The van der Waals surface area contributed by atoms with Gasteiger partial charge in [-0.15, -0.1) is 0 Å². The first-order valence-electron chi connectivity index (χ1n) is 4.71. The van der Waals surface area contributed by atoms with Crippen LogP contribution in [0.1, 0.15) is 11.1 Å². The molecule has 1 aromatic carbocycles. The van der Waals surface area contributed by atoms with E-state index in [2.05, 4.69) is 6.92 Å². The molecule has 0 atom stereocenters. The Kier molecular flexibility index (Phi) is 4.52. The average Bonchev–Trinajstić information content (AvgIpc) is 2.28. The summed E-state index contributed by atoms with van der Waals surface area (Å²) in [5.41, 5.74) is 2.08. The highest BCUT2D eigenvalue weighted by atomic mass is 31.2. The average molecular weight is 227 g/mol. The second kappa shape index (κ2) is 5.45. The van der Waals surface area contributed by atoms with Crippen LogP contribution in [0.3, 0.4) is 0 Å². The number of hydrogen-bond donors (Lipinski definition) is 0. The van der Waals surface area contributed by atoms with Crippen LogP contribution in [0.4, 0.5) is 0 Å². The van der Waals surface area contributed by atoms with Gasteiger partial charge in [-0.2, -0.15) is 0 Å². The first-order chi connectivity index (χ1) is 7.09. The lowest BCUT2D eigenvalue weighted by atomic mass is 10.1. The Morgan fingerprint density at radius 2 is 1.73 bits per heavy atom. The molecule has 0 aliphatic carbocycles. The first-order valence-corrected chi connectivity index (χ1v) is 6.44. The lowest BCUT2D eigenvalue weighted by Gasteiger charge is -2.13. The molecular formula is C11H16O3P. The van der Waals surface area contributed by atoms with Gasteiger partial charge in [0.25, 0.3) is 0 Å². The molecule has 1 radical (unpaired) electrons. The third-order valence-corrected chi connectivity index (χ3v) is 4.14. The Bertz CT molecular complexity index is 337. The van der Waals surface area contributed by atoms with Crippen LogP contribution in [0, 0.1) is 6.92 Å². The molecule has 0 amide bonds. The third-order valence-electron chi connectivity index (χ3n) is 2.25. The lowest BCUT2D eigenvalue weighted by molar-refractivity contribution is 0.276. The molecule has 0 spiro atoms. The molecule has 1 rings (SSSR count). The predicted molar refractivity (Wildman–Crippen MR) is 61.1 cm³/mol. The summed E-state index contributed by atoms with van der Waals surface area (Å²) in [5.74, 6) is 0. The van der Waals surface area contributed by atoms with Gasteiger partial charge < -0.3 is 9.05 Å². The maximum absolute atomic E-state index is 11.7. The molecule has 0 aliphatic heterocycles. The first kappa shape index (κ1) is 12.4. The fourth-order valence-corrected chi connectivity index (χ4v) is 2.28. The Labute approximate surface area is 90.9 Å². The van der Waals surface area contributed by atoms with Crippen LogP contribution in [0.5, 0.6) is 0 Å².